The van der Waals surface area contributed by atoms with Gasteiger partial charge < -0.3 is 4.98 Å². The molecule has 0 saturated heterocycles. The van der Waals surface area contributed by atoms with E-state index in [1.807, 2.05) is 6.07 Å². The summed E-state index contributed by atoms with van der Waals surface area (Å²) in [6, 6.07) is 3.61. The quantitative estimate of drug-likeness (QED) is 0.808. The molecule has 0 unspecified atom stereocenters. The van der Waals surface area contributed by atoms with E-state index in [1.165, 1.54) is 24.1 Å². The van der Waals surface area contributed by atoms with Crippen molar-refractivity contribution in [3.05, 3.63) is 39.3 Å². The summed E-state index contributed by atoms with van der Waals surface area (Å²) in [5.41, 5.74) is 3.05. The van der Waals surface area contributed by atoms with Crippen molar-refractivity contribution in [3.8, 4) is 11.5 Å². The zero-order valence-corrected chi connectivity index (χ0v) is 11.3. The Hall–Kier alpha value is -1.26. The molecule has 0 aromatic carbocycles. The van der Waals surface area contributed by atoms with E-state index < -0.39 is 0 Å². The Bertz CT molecular complexity index is 651. The summed E-state index contributed by atoms with van der Waals surface area (Å²) >= 11 is 11.5. The standard InChI is InChI=1S/C13H12ClN3S/c14-9-5-3-7-15-11(9)12-16-10-6-2-1-4-8(10)13(18)17-12/h3,5,7H,1-2,4,6H2,(H,16,17,18). The molecule has 0 spiro atoms. The maximum Gasteiger partial charge on any atom is 0.159 e. The molecule has 3 rings (SSSR count). The van der Waals surface area contributed by atoms with Crippen molar-refractivity contribution in [2.24, 2.45) is 0 Å². The number of nitrogens with one attached hydrogen (secondary N) is 1. The van der Waals surface area contributed by atoms with E-state index in [2.05, 4.69) is 15.0 Å². The van der Waals surface area contributed by atoms with E-state index in [4.69, 9.17) is 23.8 Å². The van der Waals surface area contributed by atoms with Gasteiger partial charge in [-0.3, -0.25) is 4.98 Å². The number of H-pyrrole nitrogens is 1. The van der Waals surface area contributed by atoms with E-state index in [1.54, 1.807) is 12.3 Å². The molecule has 0 saturated carbocycles. The lowest BCUT2D eigenvalue weighted by Crippen LogP contribution is -2.09. The van der Waals surface area contributed by atoms with Crippen LogP contribution < -0.4 is 0 Å². The summed E-state index contributed by atoms with van der Waals surface area (Å²) in [5, 5.41) is 0.589. The van der Waals surface area contributed by atoms with Crippen molar-refractivity contribution in [3.63, 3.8) is 0 Å². The third-order valence-corrected chi connectivity index (χ3v) is 3.83. The Morgan fingerprint density at radius 3 is 2.94 bits per heavy atom. The van der Waals surface area contributed by atoms with Gasteiger partial charge in [0.25, 0.3) is 0 Å². The van der Waals surface area contributed by atoms with Crippen LogP contribution in [0.2, 0.25) is 5.02 Å². The fourth-order valence-corrected chi connectivity index (χ4v) is 2.82. The van der Waals surface area contributed by atoms with Gasteiger partial charge in [-0.2, -0.15) is 0 Å². The second kappa shape index (κ2) is 4.78. The topological polar surface area (TPSA) is 41.6 Å². The second-order valence-corrected chi connectivity index (χ2v) is 5.18. The smallest absolute Gasteiger partial charge is 0.159 e. The Labute approximate surface area is 115 Å². The number of halogens is 1. The molecule has 0 aliphatic heterocycles. The lowest BCUT2D eigenvalue weighted by Gasteiger charge is -2.16. The van der Waals surface area contributed by atoms with Crippen LogP contribution in [0.4, 0.5) is 0 Å². The maximum atomic E-state index is 6.14. The average molecular weight is 278 g/mol. The van der Waals surface area contributed by atoms with Gasteiger partial charge in [-0.15, -0.1) is 0 Å². The lowest BCUT2D eigenvalue weighted by atomic mass is 9.97. The van der Waals surface area contributed by atoms with Crippen LogP contribution in [-0.4, -0.2) is 15.0 Å². The first-order valence-electron chi connectivity index (χ1n) is 5.98. The first-order valence-corrected chi connectivity index (χ1v) is 6.77. The van der Waals surface area contributed by atoms with Gasteiger partial charge in [0.05, 0.1) is 5.02 Å². The SMILES string of the molecule is S=c1nc(-c2ncccc2Cl)[nH]c2c1CCCC2. The highest BCUT2D eigenvalue weighted by molar-refractivity contribution is 7.71. The highest BCUT2D eigenvalue weighted by Gasteiger charge is 2.15. The normalized spacial score (nSPS) is 14.3. The van der Waals surface area contributed by atoms with Crippen molar-refractivity contribution >= 4 is 23.8 Å². The average Bonchev–Trinajstić information content (AvgIpc) is 2.39. The molecule has 0 atom stereocenters. The number of aromatic nitrogens is 3. The monoisotopic (exact) mass is 277 g/mol. The summed E-state index contributed by atoms with van der Waals surface area (Å²) in [6.45, 7) is 0. The molecule has 18 heavy (non-hydrogen) atoms. The van der Waals surface area contributed by atoms with E-state index in [-0.39, 0.29) is 0 Å². The number of aryl methyl sites for hydroxylation is 1. The predicted molar refractivity (Wildman–Crippen MR) is 74.3 cm³/mol. The molecule has 5 heteroatoms. The lowest BCUT2D eigenvalue weighted by molar-refractivity contribution is 0.661. The van der Waals surface area contributed by atoms with Crippen molar-refractivity contribution in [2.45, 2.75) is 25.7 Å². The first kappa shape index (κ1) is 11.8. The first-order chi connectivity index (χ1) is 8.75. The van der Waals surface area contributed by atoms with Gasteiger partial charge in [0.1, 0.15) is 10.3 Å². The van der Waals surface area contributed by atoms with Gasteiger partial charge in [0.2, 0.25) is 0 Å². The van der Waals surface area contributed by atoms with Crippen LogP contribution in [0, 0.1) is 4.64 Å². The zero-order chi connectivity index (χ0) is 12.5. The molecular weight excluding hydrogens is 266 g/mol. The van der Waals surface area contributed by atoms with Crippen molar-refractivity contribution in [2.75, 3.05) is 0 Å². The van der Waals surface area contributed by atoms with E-state index in [0.29, 0.717) is 21.2 Å². The third kappa shape index (κ3) is 2.06. The van der Waals surface area contributed by atoms with Crippen LogP contribution in [0.15, 0.2) is 18.3 Å². The molecule has 2 heterocycles. The number of fused-ring (bicyclic) bond motifs is 1. The van der Waals surface area contributed by atoms with Crippen LogP contribution in [-0.2, 0) is 12.8 Å². The molecule has 0 fully saturated rings. The highest BCUT2D eigenvalue weighted by atomic mass is 35.5. The largest absolute Gasteiger partial charge is 0.342 e. The van der Waals surface area contributed by atoms with Gasteiger partial charge >= 0.3 is 0 Å². The van der Waals surface area contributed by atoms with Crippen molar-refractivity contribution in [1.29, 1.82) is 0 Å². The summed E-state index contributed by atoms with van der Waals surface area (Å²) in [7, 11) is 0. The van der Waals surface area contributed by atoms with E-state index in [0.717, 1.165) is 12.8 Å². The summed E-state index contributed by atoms with van der Waals surface area (Å²) in [4.78, 5) is 12.0. The zero-order valence-electron chi connectivity index (χ0n) is 9.74. The molecule has 1 N–H and O–H groups in total. The van der Waals surface area contributed by atoms with Crippen molar-refractivity contribution < 1.29 is 0 Å². The Balaban J connectivity index is 2.17. The maximum absolute atomic E-state index is 6.14. The van der Waals surface area contributed by atoms with Gasteiger partial charge in [0, 0.05) is 17.5 Å². The third-order valence-electron chi connectivity index (χ3n) is 3.19. The highest BCUT2D eigenvalue weighted by Crippen LogP contribution is 2.26. The fourth-order valence-electron chi connectivity index (χ4n) is 2.29. The van der Waals surface area contributed by atoms with Gasteiger partial charge in [0.15, 0.2) is 5.82 Å². The van der Waals surface area contributed by atoms with Gasteiger partial charge in [-0.05, 0) is 37.8 Å². The number of aromatic amines is 1. The number of hydrogen-bond acceptors (Lipinski definition) is 3. The van der Waals surface area contributed by atoms with Crippen LogP contribution in [0.1, 0.15) is 24.1 Å². The second-order valence-electron chi connectivity index (χ2n) is 4.39. The predicted octanol–water partition coefficient (Wildman–Crippen LogP) is 3.73. The number of rotatable bonds is 1. The summed E-state index contributed by atoms with van der Waals surface area (Å²) in [6.07, 6.45) is 6.14. The number of nitrogens with zero attached hydrogens (tertiary/aromatic N) is 2. The van der Waals surface area contributed by atoms with Crippen LogP contribution in [0.25, 0.3) is 11.5 Å². The molecule has 92 valence electrons. The summed E-state index contributed by atoms with van der Waals surface area (Å²) < 4.78 is 0.681. The van der Waals surface area contributed by atoms with E-state index in [9.17, 15) is 0 Å². The molecule has 0 radical (unpaired) electrons. The molecule has 0 amide bonds. The van der Waals surface area contributed by atoms with Crippen LogP contribution in [0.3, 0.4) is 0 Å². The van der Waals surface area contributed by atoms with E-state index >= 15 is 0 Å². The fraction of sp³-hybridized carbons (Fsp3) is 0.308. The van der Waals surface area contributed by atoms with Gasteiger partial charge in [-0.1, -0.05) is 23.8 Å². The van der Waals surface area contributed by atoms with Crippen LogP contribution in [0.5, 0.6) is 0 Å². The minimum Gasteiger partial charge on any atom is -0.342 e. The van der Waals surface area contributed by atoms with Gasteiger partial charge in [-0.25, -0.2) is 4.98 Å². The number of pyridine rings is 1. The minimum atomic E-state index is 0.589. The molecule has 0 bridgehead atoms. The molecule has 2 aromatic heterocycles. The van der Waals surface area contributed by atoms with Crippen molar-refractivity contribution in [1.82, 2.24) is 15.0 Å². The molecule has 1 aliphatic rings. The van der Waals surface area contributed by atoms with Crippen LogP contribution >= 0.6 is 23.8 Å². The molecular formula is C13H12ClN3S. The molecule has 1 aliphatic carbocycles. The summed E-state index contributed by atoms with van der Waals surface area (Å²) in [5.74, 6) is 0.672. The Morgan fingerprint density at radius 2 is 2.11 bits per heavy atom. The minimum absolute atomic E-state index is 0.589. The molecule has 2 aromatic rings. The number of hydrogen-bond donors (Lipinski definition) is 1. The Morgan fingerprint density at radius 1 is 1.28 bits per heavy atom. The molecule has 3 nitrogen and oxygen atoms in total. The Kier molecular flexibility index (Phi) is 3.14.